The molecule has 0 radical (unpaired) electrons. The first-order valence-electron chi connectivity index (χ1n) is 14.0. The van der Waals surface area contributed by atoms with Crippen LogP contribution in [0.3, 0.4) is 0 Å². The van der Waals surface area contributed by atoms with E-state index in [9.17, 15) is 0 Å². The number of anilines is 2. The second kappa shape index (κ2) is 16.1. The molecule has 3 heterocycles. The molecule has 43 heavy (non-hydrogen) atoms. The number of piperazine rings is 1. The molecule has 6 rings (SSSR count). The van der Waals surface area contributed by atoms with E-state index in [2.05, 4.69) is 92.4 Å². The number of fused-ring (bicyclic) bond motifs is 2. The van der Waals surface area contributed by atoms with Crippen LogP contribution >= 0.6 is 60.4 Å². The van der Waals surface area contributed by atoms with E-state index in [1.807, 2.05) is 0 Å². The average Bonchev–Trinajstić information content (AvgIpc) is 3.60. The Morgan fingerprint density at radius 1 is 0.744 bits per heavy atom. The van der Waals surface area contributed by atoms with E-state index in [0.29, 0.717) is 11.8 Å². The van der Waals surface area contributed by atoms with Crippen molar-refractivity contribution in [1.29, 1.82) is 0 Å². The Kier molecular flexibility index (Phi) is 13.1. The summed E-state index contributed by atoms with van der Waals surface area (Å²) in [6.07, 6.45) is 1.76. The molecule has 0 spiro atoms. The standard InChI is InChI=1S/C31H35Cl2N7.3ClH/c1-38-16-18-40(19-17-38)25-8-10-27-29(21-25)37-31(36-27)23-5-9-26-28(20-23)35-30(34-26)11-4-22-2-6-24(7-3-22)39(14-12-32)15-13-33;;;/h2-3,5-10,20-21H,4,11-19H2,1H3,(H,34,35)(H,36,37);3*1H. The number of benzene rings is 3. The Hall–Kier alpha value is -2.39. The molecule has 232 valence electrons. The molecule has 1 aliphatic heterocycles. The minimum Gasteiger partial charge on any atom is -0.369 e. The van der Waals surface area contributed by atoms with Gasteiger partial charge in [0.25, 0.3) is 0 Å². The van der Waals surface area contributed by atoms with Crippen molar-refractivity contribution in [2.24, 2.45) is 0 Å². The number of aryl methyl sites for hydroxylation is 2. The van der Waals surface area contributed by atoms with Crippen molar-refractivity contribution in [3.8, 4) is 11.4 Å². The highest BCUT2D eigenvalue weighted by Gasteiger charge is 2.16. The number of alkyl halides is 2. The molecule has 0 aliphatic carbocycles. The molecule has 1 fully saturated rings. The van der Waals surface area contributed by atoms with Crippen LogP contribution in [-0.4, -0.2) is 82.9 Å². The number of rotatable bonds is 10. The number of imidazole rings is 2. The predicted molar refractivity (Wildman–Crippen MR) is 190 cm³/mol. The second-order valence-corrected chi connectivity index (χ2v) is 11.3. The lowest BCUT2D eigenvalue weighted by Gasteiger charge is -2.34. The Morgan fingerprint density at radius 2 is 1.40 bits per heavy atom. The smallest absolute Gasteiger partial charge is 0.138 e. The van der Waals surface area contributed by atoms with Crippen molar-refractivity contribution in [1.82, 2.24) is 24.8 Å². The van der Waals surface area contributed by atoms with Crippen LogP contribution in [0.5, 0.6) is 0 Å². The third kappa shape index (κ3) is 8.21. The molecule has 0 unspecified atom stereocenters. The van der Waals surface area contributed by atoms with Gasteiger partial charge in [0.1, 0.15) is 11.6 Å². The van der Waals surface area contributed by atoms with Gasteiger partial charge in [0.2, 0.25) is 0 Å². The lowest BCUT2D eigenvalue weighted by Crippen LogP contribution is -2.44. The predicted octanol–water partition coefficient (Wildman–Crippen LogP) is 7.19. The quantitative estimate of drug-likeness (QED) is 0.152. The number of aromatic nitrogens is 4. The molecule has 0 amide bonds. The summed E-state index contributed by atoms with van der Waals surface area (Å²) in [6.45, 7) is 5.87. The number of hydrogen-bond acceptors (Lipinski definition) is 5. The molecule has 2 N–H and O–H groups in total. The molecule has 3 aromatic carbocycles. The maximum absolute atomic E-state index is 5.96. The fraction of sp³-hybridized carbons (Fsp3) is 0.355. The Balaban J connectivity index is 0.00000169. The van der Waals surface area contributed by atoms with Crippen molar-refractivity contribution < 1.29 is 0 Å². The highest BCUT2D eigenvalue weighted by Crippen LogP contribution is 2.27. The normalized spacial score (nSPS) is 13.4. The van der Waals surface area contributed by atoms with Gasteiger partial charge in [-0.1, -0.05) is 12.1 Å². The van der Waals surface area contributed by atoms with Crippen LogP contribution in [0.4, 0.5) is 11.4 Å². The molecule has 0 atom stereocenters. The summed E-state index contributed by atoms with van der Waals surface area (Å²) in [6, 6.07) is 21.5. The zero-order valence-electron chi connectivity index (χ0n) is 24.1. The van der Waals surface area contributed by atoms with Crippen LogP contribution in [-0.2, 0) is 12.8 Å². The first kappa shape index (κ1) is 35.1. The Bertz CT molecular complexity index is 1570. The fourth-order valence-corrected chi connectivity index (χ4v) is 5.84. The average molecular weight is 686 g/mol. The Morgan fingerprint density at radius 3 is 2.09 bits per heavy atom. The molecular formula is C31H38Cl5N7. The van der Waals surface area contributed by atoms with Gasteiger partial charge in [0, 0.05) is 74.4 Å². The number of H-pyrrole nitrogens is 2. The molecule has 12 heteroatoms. The zero-order chi connectivity index (χ0) is 27.5. The van der Waals surface area contributed by atoms with Crippen molar-refractivity contribution >= 4 is 93.9 Å². The van der Waals surface area contributed by atoms with Gasteiger partial charge in [0.15, 0.2) is 0 Å². The summed E-state index contributed by atoms with van der Waals surface area (Å²) < 4.78 is 0. The second-order valence-electron chi connectivity index (χ2n) is 10.5. The summed E-state index contributed by atoms with van der Waals surface area (Å²) in [7, 11) is 2.18. The lowest BCUT2D eigenvalue weighted by atomic mass is 10.1. The maximum Gasteiger partial charge on any atom is 0.138 e. The van der Waals surface area contributed by atoms with E-state index in [4.69, 9.17) is 33.2 Å². The molecule has 5 aromatic rings. The molecule has 0 saturated carbocycles. The van der Waals surface area contributed by atoms with E-state index in [0.717, 1.165) is 97.1 Å². The fourth-order valence-electron chi connectivity index (χ4n) is 5.43. The van der Waals surface area contributed by atoms with Crippen LogP contribution in [0.15, 0.2) is 60.7 Å². The minimum atomic E-state index is 0. The number of halogens is 5. The zero-order valence-corrected chi connectivity index (χ0v) is 28.0. The van der Waals surface area contributed by atoms with Crippen LogP contribution < -0.4 is 9.80 Å². The van der Waals surface area contributed by atoms with Gasteiger partial charge in [0.05, 0.1) is 22.1 Å². The van der Waals surface area contributed by atoms with Gasteiger partial charge in [-0.25, -0.2) is 9.97 Å². The summed E-state index contributed by atoms with van der Waals surface area (Å²) >= 11 is 11.9. The van der Waals surface area contributed by atoms with E-state index in [-0.39, 0.29) is 37.2 Å². The van der Waals surface area contributed by atoms with E-state index in [1.54, 1.807) is 0 Å². The van der Waals surface area contributed by atoms with Gasteiger partial charge in [-0.05, 0) is 67.6 Å². The number of nitrogens with zero attached hydrogens (tertiary/aromatic N) is 5. The summed E-state index contributed by atoms with van der Waals surface area (Å²) in [5.74, 6) is 3.03. The third-order valence-electron chi connectivity index (χ3n) is 7.80. The minimum absolute atomic E-state index is 0. The van der Waals surface area contributed by atoms with Crippen LogP contribution in [0.25, 0.3) is 33.5 Å². The van der Waals surface area contributed by atoms with Gasteiger partial charge < -0.3 is 24.7 Å². The first-order chi connectivity index (χ1) is 19.6. The molecule has 2 aromatic heterocycles. The first-order valence-corrected chi connectivity index (χ1v) is 15.0. The van der Waals surface area contributed by atoms with Crippen LogP contribution in [0.2, 0.25) is 0 Å². The number of likely N-dealkylation sites (N-methyl/N-ethyl adjacent to an activating group) is 1. The highest BCUT2D eigenvalue weighted by molar-refractivity contribution is 6.18. The lowest BCUT2D eigenvalue weighted by molar-refractivity contribution is 0.313. The third-order valence-corrected chi connectivity index (χ3v) is 8.14. The largest absolute Gasteiger partial charge is 0.369 e. The summed E-state index contributed by atoms with van der Waals surface area (Å²) in [4.78, 5) is 23.8. The number of aromatic amines is 2. The van der Waals surface area contributed by atoms with E-state index in [1.165, 1.54) is 11.3 Å². The van der Waals surface area contributed by atoms with Crippen molar-refractivity contribution in [2.45, 2.75) is 12.8 Å². The van der Waals surface area contributed by atoms with Crippen molar-refractivity contribution in [3.63, 3.8) is 0 Å². The van der Waals surface area contributed by atoms with Crippen molar-refractivity contribution in [2.75, 3.05) is 67.9 Å². The maximum atomic E-state index is 5.96. The molecule has 1 saturated heterocycles. The SMILES string of the molecule is CN1CCN(c2ccc3nc(-c4ccc5nc(CCc6ccc(N(CCCl)CCCl)cc6)[nH]c5c4)[nH]c3c2)CC1.Cl.Cl.Cl. The van der Waals surface area contributed by atoms with Gasteiger partial charge in [-0.15, -0.1) is 60.4 Å². The van der Waals surface area contributed by atoms with Crippen LogP contribution in [0, 0.1) is 0 Å². The summed E-state index contributed by atoms with van der Waals surface area (Å²) in [5, 5.41) is 0. The monoisotopic (exact) mass is 683 g/mol. The number of hydrogen-bond donors (Lipinski definition) is 2. The molecule has 1 aliphatic rings. The highest BCUT2D eigenvalue weighted by atomic mass is 35.5. The summed E-state index contributed by atoms with van der Waals surface area (Å²) in [5.41, 5.74) is 8.78. The Labute approximate surface area is 281 Å². The van der Waals surface area contributed by atoms with E-state index < -0.39 is 0 Å². The number of nitrogens with one attached hydrogen (secondary N) is 2. The molecule has 7 nitrogen and oxygen atoms in total. The topological polar surface area (TPSA) is 67.1 Å². The van der Waals surface area contributed by atoms with Crippen LogP contribution in [0.1, 0.15) is 11.4 Å². The van der Waals surface area contributed by atoms with E-state index >= 15 is 0 Å². The van der Waals surface area contributed by atoms with Gasteiger partial charge >= 0.3 is 0 Å². The molecular weight excluding hydrogens is 648 g/mol. The van der Waals surface area contributed by atoms with Gasteiger partial charge in [-0.2, -0.15) is 0 Å². The molecule has 0 bridgehead atoms. The van der Waals surface area contributed by atoms with Crippen molar-refractivity contribution in [3.05, 3.63) is 72.1 Å². The van der Waals surface area contributed by atoms with Gasteiger partial charge in [-0.3, -0.25) is 0 Å².